The summed E-state index contributed by atoms with van der Waals surface area (Å²) in [4.78, 5) is 19.0. The number of nitrogens with one attached hydrogen (secondary N) is 1. The summed E-state index contributed by atoms with van der Waals surface area (Å²) in [6, 6.07) is 20.2. The van der Waals surface area contributed by atoms with Gasteiger partial charge in [0.15, 0.2) is 0 Å². The molecule has 0 saturated carbocycles. The minimum atomic E-state index is 0.0840. The van der Waals surface area contributed by atoms with Crippen LogP contribution >= 0.6 is 27.3 Å². The Bertz CT molecular complexity index is 1160. The van der Waals surface area contributed by atoms with Crippen molar-refractivity contribution >= 4 is 33.2 Å². The molecular formula is C24H23BrN4OS. The van der Waals surface area contributed by atoms with E-state index in [0.717, 1.165) is 50.5 Å². The number of halogens is 1. The van der Waals surface area contributed by atoms with E-state index in [1.54, 1.807) is 16.2 Å². The predicted molar refractivity (Wildman–Crippen MR) is 129 cm³/mol. The highest BCUT2D eigenvalue weighted by Gasteiger charge is 2.13. The molecular weight excluding hydrogens is 472 g/mol. The lowest BCUT2D eigenvalue weighted by Gasteiger charge is -2.16. The molecule has 0 fully saturated rings. The fraction of sp³-hybridized carbons (Fsp3) is 0.208. The van der Waals surface area contributed by atoms with Gasteiger partial charge in [-0.05, 0) is 31.0 Å². The number of thiazole rings is 1. The molecule has 31 heavy (non-hydrogen) atoms. The number of benzene rings is 2. The standard InChI is InChI=1S/C24H23BrN4OS/c1-29(12-6-11-20-14-22(28-27-20)17-7-3-2-4-8-17)23(30)15-21-16-31-24(26-21)18-9-5-10-19(25)13-18/h2-5,7-10,13-14,16H,6,11-12,15H2,1H3,(H,27,28). The van der Waals surface area contributed by atoms with Gasteiger partial charge in [-0.15, -0.1) is 11.3 Å². The summed E-state index contributed by atoms with van der Waals surface area (Å²) >= 11 is 5.06. The Labute approximate surface area is 194 Å². The predicted octanol–water partition coefficient (Wildman–Crippen LogP) is 5.60. The molecule has 0 bridgehead atoms. The lowest BCUT2D eigenvalue weighted by molar-refractivity contribution is -0.129. The number of nitrogens with zero attached hydrogens (tertiary/aromatic N) is 3. The SMILES string of the molecule is CN(CCCc1cc(-c2ccccc2)n[nH]1)C(=O)Cc1csc(-c2cccc(Br)c2)n1. The number of hydrogen-bond donors (Lipinski definition) is 1. The molecule has 0 aliphatic rings. The third kappa shape index (κ3) is 5.68. The van der Waals surface area contributed by atoms with Crippen LogP contribution in [-0.4, -0.2) is 39.6 Å². The van der Waals surface area contributed by atoms with E-state index in [2.05, 4.69) is 37.2 Å². The van der Waals surface area contributed by atoms with E-state index < -0.39 is 0 Å². The largest absolute Gasteiger partial charge is 0.345 e. The molecule has 2 heterocycles. The second kappa shape index (κ2) is 10.0. The molecule has 158 valence electrons. The minimum absolute atomic E-state index is 0.0840. The number of aromatic nitrogens is 3. The smallest absolute Gasteiger partial charge is 0.228 e. The van der Waals surface area contributed by atoms with Crippen LogP contribution < -0.4 is 0 Å². The average Bonchev–Trinajstić information content (AvgIpc) is 3.44. The van der Waals surface area contributed by atoms with Crippen LogP contribution in [0.25, 0.3) is 21.8 Å². The first-order valence-corrected chi connectivity index (χ1v) is 11.8. The first-order chi connectivity index (χ1) is 15.1. The molecule has 0 aliphatic carbocycles. The van der Waals surface area contributed by atoms with Gasteiger partial charge < -0.3 is 4.90 Å². The van der Waals surface area contributed by atoms with Crippen LogP contribution in [0.1, 0.15) is 17.8 Å². The van der Waals surface area contributed by atoms with Crippen LogP contribution in [0.15, 0.2) is 70.5 Å². The molecule has 0 unspecified atom stereocenters. The second-order valence-electron chi connectivity index (χ2n) is 7.39. The molecule has 0 aliphatic heterocycles. The number of aryl methyl sites for hydroxylation is 1. The fourth-order valence-corrected chi connectivity index (χ4v) is 4.53. The maximum atomic E-state index is 12.6. The first kappa shape index (κ1) is 21.5. The topological polar surface area (TPSA) is 61.9 Å². The Kier molecular flexibility index (Phi) is 6.94. The third-order valence-electron chi connectivity index (χ3n) is 5.02. The first-order valence-electron chi connectivity index (χ1n) is 10.1. The lowest BCUT2D eigenvalue weighted by Crippen LogP contribution is -2.29. The van der Waals surface area contributed by atoms with Gasteiger partial charge in [0, 0.05) is 40.3 Å². The molecule has 0 spiro atoms. The van der Waals surface area contributed by atoms with E-state index in [-0.39, 0.29) is 5.91 Å². The number of hydrogen-bond acceptors (Lipinski definition) is 4. The van der Waals surface area contributed by atoms with Gasteiger partial charge in [-0.3, -0.25) is 9.89 Å². The maximum Gasteiger partial charge on any atom is 0.228 e. The van der Waals surface area contributed by atoms with Crippen molar-refractivity contribution in [3.05, 3.63) is 81.9 Å². The van der Waals surface area contributed by atoms with Crippen LogP contribution in [0, 0.1) is 0 Å². The highest BCUT2D eigenvalue weighted by molar-refractivity contribution is 9.10. The summed E-state index contributed by atoms with van der Waals surface area (Å²) < 4.78 is 1.02. The van der Waals surface area contributed by atoms with E-state index in [9.17, 15) is 4.79 Å². The normalized spacial score (nSPS) is 10.9. The van der Waals surface area contributed by atoms with E-state index in [4.69, 9.17) is 0 Å². The van der Waals surface area contributed by atoms with Crippen molar-refractivity contribution in [1.29, 1.82) is 0 Å². The van der Waals surface area contributed by atoms with Crippen molar-refractivity contribution in [2.45, 2.75) is 19.3 Å². The molecule has 7 heteroatoms. The van der Waals surface area contributed by atoms with Gasteiger partial charge in [0.1, 0.15) is 5.01 Å². The van der Waals surface area contributed by atoms with Crippen molar-refractivity contribution in [1.82, 2.24) is 20.1 Å². The van der Waals surface area contributed by atoms with E-state index >= 15 is 0 Å². The van der Waals surface area contributed by atoms with Gasteiger partial charge in [-0.25, -0.2) is 4.98 Å². The number of carbonyl (C=O) groups excluding carboxylic acids is 1. The average molecular weight is 495 g/mol. The van der Waals surface area contributed by atoms with Crippen molar-refractivity contribution in [3.8, 4) is 21.8 Å². The monoisotopic (exact) mass is 494 g/mol. The van der Waals surface area contributed by atoms with E-state index in [1.807, 2.05) is 67.0 Å². The number of amides is 1. The van der Waals surface area contributed by atoms with Gasteiger partial charge in [-0.2, -0.15) is 5.10 Å². The van der Waals surface area contributed by atoms with Crippen LogP contribution in [0.3, 0.4) is 0 Å². The molecule has 2 aromatic carbocycles. The summed E-state index contributed by atoms with van der Waals surface area (Å²) in [7, 11) is 1.85. The Hall–Kier alpha value is -2.77. The number of rotatable bonds is 8. The number of likely N-dealkylation sites (N-methyl/N-ethyl adjacent to an activating group) is 1. The Morgan fingerprint density at radius 3 is 2.71 bits per heavy atom. The van der Waals surface area contributed by atoms with Crippen molar-refractivity contribution in [2.75, 3.05) is 13.6 Å². The highest BCUT2D eigenvalue weighted by Crippen LogP contribution is 2.26. The van der Waals surface area contributed by atoms with Gasteiger partial charge in [0.25, 0.3) is 0 Å². The molecule has 1 N–H and O–H groups in total. The molecule has 0 saturated heterocycles. The Balaban J connectivity index is 1.26. The maximum absolute atomic E-state index is 12.6. The Morgan fingerprint density at radius 1 is 1.10 bits per heavy atom. The van der Waals surface area contributed by atoms with E-state index in [0.29, 0.717) is 13.0 Å². The molecule has 1 amide bonds. The summed E-state index contributed by atoms with van der Waals surface area (Å²) in [5, 5.41) is 10.4. The van der Waals surface area contributed by atoms with Gasteiger partial charge in [-0.1, -0.05) is 58.4 Å². The fourth-order valence-electron chi connectivity index (χ4n) is 3.31. The van der Waals surface area contributed by atoms with Gasteiger partial charge in [0.05, 0.1) is 17.8 Å². The third-order valence-corrected chi connectivity index (χ3v) is 6.45. The van der Waals surface area contributed by atoms with Crippen LogP contribution in [0.4, 0.5) is 0 Å². The zero-order valence-corrected chi connectivity index (χ0v) is 19.6. The summed E-state index contributed by atoms with van der Waals surface area (Å²) in [6.07, 6.45) is 2.05. The number of carbonyl (C=O) groups is 1. The number of aromatic amines is 1. The summed E-state index contributed by atoms with van der Waals surface area (Å²) in [6.45, 7) is 0.696. The highest BCUT2D eigenvalue weighted by atomic mass is 79.9. The molecule has 2 aromatic heterocycles. The zero-order chi connectivity index (χ0) is 21.6. The molecule has 0 atom stereocenters. The molecule has 0 radical (unpaired) electrons. The molecule has 4 aromatic rings. The van der Waals surface area contributed by atoms with Crippen LogP contribution in [-0.2, 0) is 17.6 Å². The second-order valence-corrected chi connectivity index (χ2v) is 9.17. The molecule has 5 nitrogen and oxygen atoms in total. The van der Waals surface area contributed by atoms with Crippen LogP contribution in [0.5, 0.6) is 0 Å². The van der Waals surface area contributed by atoms with E-state index in [1.165, 1.54) is 0 Å². The minimum Gasteiger partial charge on any atom is -0.345 e. The summed E-state index contributed by atoms with van der Waals surface area (Å²) in [5.41, 5.74) is 5.00. The van der Waals surface area contributed by atoms with Crippen molar-refractivity contribution < 1.29 is 4.79 Å². The van der Waals surface area contributed by atoms with Gasteiger partial charge in [0.2, 0.25) is 5.91 Å². The number of H-pyrrole nitrogens is 1. The van der Waals surface area contributed by atoms with Gasteiger partial charge >= 0.3 is 0 Å². The van der Waals surface area contributed by atoms with Crippen LogP contribution in [0.2, 0.25) is 0 Å². The van der Waals surface area contributed by atoms with Crippen molar-refractivity contribution in [3.63, 3.8) is 0 Å². The summed E-state index contributed by atoms with van der Waals surface area (Å²) in [5.74, 6) is 0.0840. The quantitative estimate of drug-likeness (QED) is 0.346. The Morgan fingerprint density at radius 2 is 1.90 bits per heavy atom. The molecule has 4 rings (SSSR count). The lowest BCUT2D eigenvalue weighted by atomic mass is 10.1. The zero-order valence-electron chi connectivity index (χ0n) is 17.2. The van der Waals surface area contributed by atoms with Crippen molar-refractivity contribution in [2.24, 2.45) is 0 Å².